The van der Waals surface area contributed by atoms with Gasteiger partial charge in [0.2, 0.25) is 5.88 Å². The summed E-state index contributed by atoms with van der Waals surface area (Å²) in [6, 6.07) is 1.27. The molecule has 0 aliphatic rings. The molecule has 0 aromatic carbocycles. The van der Waals surface area contributed by atoms with Crippen LogP contribution in [0.2, 0.25) is 0 Å². The van der Waals surface area contributed by atoms with Gasteiger partial charge in [-0.3, -0.25) is 0 Å². The average molecular weight is 257 g/mol. The maximum absolute atomic E-state index is 11.7. The van der Waals surface area contributed by atoms with Crippen LogP contribution in [0.15, 0.2) is 16.7 Å². The van der Waals surface area contributed by atoms with Crippen LogP contribution < -0.4 is 10.5 Å². The van der Waals surface area contributed by atoms with Crippen LogP contribution in [0.3, 0.4) is 0 Å². The van der Waals surface area contributed by atoms with Crippen LogP contribution in [-0.4, -0.2) is 11.3 Å². The van der Waals surface area contributed by atoms with Gasteiger partial charge in [0, 0.05) is 10.7 Å². The van der Waals surface area contributed by atoms with Crippen molar-refractivity contribution < 1.29 is 17.9 Å². The molecule has 72 valence electrons. The molecule has 0 bridgehead atoms. The van der Waals surface area contributed by atoms with Crippen LogP contribution in [0.4, 0.5) is 18.9 Å². The molecule has 1 rings (SSSR count). The molecule has 3 nitrogen and oxygen atoms in total. The molecular weight excluding hydrogens is 253 g/mol. The number of anilines is 1. The van der Waals surface area contributed by atoms with Crippen molar-refractivity contribution in [2.45, 2.75) is 6.36 Å². The number of alkyl halides is 3. The third-order valence-electron chi connectivity index (χ3n) is 1.06. The fourth-order valence-corrected chi connectivity index (χ4v) is 0.986. The van der Waals surface area contributed by atoms with Crippen molar-refractivity contribution in [2.24, 2.45) is 0 Å². The van der Waals surface area contributed by atoms with Gasteiger partial charge in [-0.2, -0.15) is 0 Å². The number of nitrogens with two attached hydrogens (primary N) is 1. The maximum atomic E-state index is 11.7. The SMILES string of the molecule is Nc1cc(Br)cnc1OC(F)(F)F. The van der Waals surface area contributed by atoms with E-state index < -0.39 is 12.2 Å². The van der Waals surface area contributed by atoms with Crippen LogP contribution in [0.25, 0.3) is 0 Å². The van der Waals surface area contributed by atoms with E-state index in [1.54, 1.807) is 0 Å². The minimum Gasteiger partial charge on any atom is -0.394 e. The molecule has 0 radical (unpaired) electrons. The number of hydrogen-bond acceptors (Lipinski definition) is 3. The fraction of sp³-hybridized carbons (Fsp3) is 0.167. The summed E-state index contributed by atoms with van der Waals surface area (Å²) in [5, 5.41) is 0. The fourth-order valence-electron chi connectivity index (χ4n) is 0.637. The summed E-state index contributed by atoms with van der Waals surface area (Å²) in [7, 11) is 0. The minimum atomic E-state index is -4.77. The van der Waals surface area contributed by atoms with Crippen LogP contribution in [0.5, 0.6) is 5.88 Å². The lowest BCUT2D eigenvalue weighted by Gasteiger charge is -2.09. The van der Waals surface area contributed by atoms with Crippen molar-refractivity contribution in [3.63, 3.8) is 0 Å². The summed E-state index contributed by atoms with van der Waals surface area (Å²) in [5.41, 5.74) is 5.04. The number of ether oxygens (including phenoxy) is 1. The molecule has 2 N–H and O–H groups in total. The Hall–Kier alpha value is -0.980. The first-order valence-corrected chi connectivity index (χ1v) is 3.84. The Morgan fingerprint density at radius 3 is 2.54 bits per heavy atom. The molecule has 1 aromatic rings. The Balaban J connectivity index is 2.90. The van der Waals surface area contributed by atoms with Crippen LogP contribution in [0.1, 0.15) is 0 Å². The normalized spacial score (nSPS) is 11.4. The Bertz CT molecular complexity index is 315. The van der Waals surface area contributed by atoms with Gasteiger partial charge in [0.05, 0.1) is 5.69 Å². The Kier molecular flexibility index (Phi) is 2.65. The minimum absolute atomic E-state index is 0.174. The molecular formula is C6H4BrF3N2O. The Morgan fingerprint density at radius 1 is 1.46 bits per heavy atom. The van der Waals surface area contributed by atoms with Crippen molar-refractivity contribution in [1.29, 1.82) is 0 Å². The van der Waals surface area contributed by atoms with E-state index in [0.717, 1.165) is 6.20 Å². The van der Waals surface area contributed by atoms with E-state index in [-0.39, 0.29) is 5.69 Å². The lowest BCUT2D eigenvalue weighted by molar-refractivity contribution is -0.275. The second-order valence-corrected chi connectivity index (χ2v) is 3.01. The lowest BCUT2D eigenvalue weighted by atomic mass is 10.4. The molecule has 0 fully saturated rings. The first-order chi connectivity index (χ1) is 5.88. The average Bonchev–Trinajstić information content (AvgIpc) is 1.93. The van der Waals surface area contributed by atoms with E-state index in [0.29, 0.717) is 4.47 Å². The van der Waals surface area contributed by atoms with E-state index >= 15 is 0 Å². The van der Waals surface area contributed by atoms with E-state index in [9.17, 15) is 13.2 Å². The number of halogens is 4. The summed E-state index contributed by atoms with van der Waals surface area (Å²) < 4.78 is 39.1. The highest BCUT2D eigenvalue weighted by molar-refractivity contribution is 9.10. The summed E-state index contributed by atoms with van der Waals surface area (Å²) >= 11 is 3.00. The molecule has 0 spiro atoms. The van der Waals surface area contributed by atoms with Crippen molar-refractivity contribution in [3.8, 4) is 5.88 Å². The highest BCUT2D eigenvalue weighted by atomic mass is 79.9. The smallest absolute Gasteiger partial charge is 0.394 e. The third-order valence-corrected chi connectivity index (χ3v) is 1.49. The first kappa shape index (κ1) is 10.1. The van der Waals surface area contributed by atoms with Crippen molar-refractivity contribution in [2.75, 3.05) is 5.73 Å². The van der Waals surface area contributed by atoms with Gasteiger partial charge in [0.1, 0.15) is 0 Å². The van der Waals surface area contributed by atoms with Gasteiger partial charge in [0.15, 0.2) is 0 Å². The van der Waals surface area contributed by atoms with Gasteiger partial charge in [-0.1, -0.05) is 0 Å². The topological polar surface area (TPSA) is 48.1 Å². The summed E-state index contributed by atoms with van der Waals surface area (Å²) in [5.74, 6) is -0.643. The zero-order valence-corrected chi connectivity index (χ0v) is 7.69. The number of aromatic nitrogens is 1. The molecule has 7 heteroatoms. The Morgan fingerprint density at radius 2 is 2.08 bits per heavy atom. The zero-order chi connectivity index (χ0) is 10.1. The van der Waals surface area contributed by atoms with Gasteiger partial charge >= 0.3 is 6.36 Å². The maximum Gasteiger partial charge on any atom is 0.574 e. The van der Waals surface area contributed by atoms with Crippen molar-refractivity contribution in [3.05, 3.63) is 16.7 Å². The van der Waals surface area contributed by atoms with Crippen LogP contribution in [-0.2, 0) is 0 Å². The molecule has 0 aliphatic heterocycles. The van der Waals surface area contributed by atoms with Gasteiger partial charge in [0.25, 0.3) is 0 Å². The number of pyridine rings is 1. The van der Waals surface area contributed by atoms with Crippen molar-refractivity contribution >= 4 is 21.6 Å². The highest BCUT2D eigenvalue weighted by Gasteiger charge is 2.32. The predicted molar refractivity (Wildman–Crippen MR) is 43.0 cm³/mol. The first-order valence-electron chi connectivity index (χ1n) is 3.05. The number of hydrogen-bond donors (Lipinski definition) is 1. The van der Waals surface area contributed by atoms with Gasteiger partial charge < -0.3 is 10.5 Å². The van der Waals surface area contributed by atoms with Crippen LogP contribution >= 0.6 is 15.9 Å². The predicted octanol–water partition coefficient (Wildman–Crippen LogP) is 2.32. The molecule has 0 unspecified atom stereocenters. The highest BCUT2D eigenvalue weighted by Crippen LogP contribution is 2.27. The van der Waals surface area contributed by atoms with Crippen LogP contribution in [0, 0.1) is 0 Å². The number of nitrogens with zero attached hydrogens (tertiary/aromatic N) is 1. The molecule has 0 aliphatic carbocycles. The second kappa shape index (κ2) is 3.41. The second-order valence-electron chi connectivity index (χ2n) is 2.10. The van der Waals surface area contributed by atoms with E-state index in [2.05, 4.69) is 25.7 Å². The molecule has 13 heavy (non-hydrogen) atoms. The molecule has 0 saturated heterocycles. The zero-order valence-electron chi connectivity index (χ0n) is 6.10. The number of rotatable bonds is 1. The molecule has 0 atom stereocenters. The van der Waals surface area contributed by atoms with Gasteiger partial charge in [-0.15, -0.1) is 13.2 Å². The summed E-state index contributed by atoms with van der Waals surface area (Å²) in [6.45, 7) is 0. The van der Waals surface area contributed by atoms with E-state index in [1.807, 2.05) is 0 Å². The quantitative estimate of drug-likeness (QED) is 0.839. The molecule has 1 heterocycles. The molecule has 0 saturated carbocycles. The van der Waals surface area contributed by atoms with Gasteiger partial charge in [-0.25, -0.2) is 4.98 Å². The third kappa shape index (κ3) is 3.10. The molecule has 1 aromatic heterocycles. The van der Waals surface area contributed by atoms with Crippen molar-refractivity contribution in [1.82, 2.24) is 4.98 Å². The largest absolute Gasteiger partial charge is 0.574 e. The summed E-state index contributed by atoms with van der Waals surface area (Å²) in [4.78, 5) is 3.35. The van der Waals surface area contributed by atoms with E-state index in [1.165, 1.54) is 6.07 Å². The lowest BCUT2D eigenvalue weighted by Crippen LogP contribution is -2.18. The monoisotopic (exact) mass is 256 g/mol. The Labute approximate surface area is 79.8 Å². The van der Waals surface area contributed by atoms with E-state index in [4.69, 9.17) is 5.73 Å². The summed E-state index contributed by atoms with van der Waals surface area (Å²) in [6.07, 6.45) is -3.60. The standard InChI is InChI=1S/C6H4BrF3N2O/c7-3-1-4(11)5(12-2-3)13-6(8,9)10/h1-2H,11H2. The number of nitrogen functional groups attached to an aromatic ring is 1. The van der Waals surface area contributed by atoms with Gasteiger partial charge in [-0.05, 0) is 22.0 Å². The molecule has 0 amide bonds.